The van der Waals surface area contributed by atoms with Gasteiger partial charge in [-0.05, 0) is 13.0 Å². The predicted molar refractivity (Wildman–Crippen MR) is 49.5 cm³/mol. The van der Waals surface area contributed by atoms with Crippen molar-refractivity contribution >= 4 is 5.91 Å². The van der Waals surface area contributed by atoms with Crippen LogP contribution < -0.4 is 5.73 Å². The molecule has 2 heterocycles. The van der Waals surface area contributed by atoms with Crippen molar-refractivity contribution in [1.29, 1.82) is 0 Å². The number of primary amides is 1. The number of carbonyl (C=O) groups is 1. The van der Waals surface area contributed by atoms with Crippen LogP contribution in [0, 0.1) is 6.92 Å². The van der Waals surface area contributed by atoms with Gasteiger partial charge in [-0.15, -0.1) is 0 Å². The SMILES string of the molecule is Cc1c(-c2ccn[nH]2)coc1C(N)=O. The Hall–Kier alpha value is -2.04. The molecular weight excluding hydrogens is 182 g/mol. The van der Waals surface area contributed by atoms with Crippen molar-refractivity contribution in [2.75, 3.05) is 0 Å². The van der Waals surface area contributed by atoms with Crippen LogP contribution in [0.1, 0.15) is 16.1 Å². The van der Waals surface area contributed by atoms with E-state index in [9.17, 15) is 4.79 Å². The van der Waals surface area contributed by atoms with Gasteiger partial charge in [0.2, 0.25) is 0 Å². The Labute approximate surface area is 79.9 Å². The average Bonchev–Trinajstić information content (AvgIpc) is 2.71. The molecule has 0 radical (unpaired) electrons. The first-order valence-corrected chi connectivity index (χ1v) is 4.08. The lowest BCUT2D eigenvalue weighted by molar-refractivity contribution is 0.0973. The standard InChI is InChI=1S/C9H9N3O2/c1-5-6(7-2-3-11-12-7)4-14-8(5)9(10)13/h2-4H,1H3,(H2,10,13)(H,11,12). The largest absolute Gasteiger partial charge is 0.458 e. The van der Waals surface area contributed by atoms with E-state index in [1.165, 1.54) is 6.26 Å². The molecule has 0 spiro atoms. The summed E-state index contributed by atoms with van der Waals surface area (Å²) in [4.78, 5) is 10.9. The monoisotopic (exact) mass is 191 g/mol. The Morgan fingerprint density at radius 3 is 2.93 bits per heavy atom. The Kier molecular flexibility index (Phi) is 1.85. The minimum atomic E-state index is -0.562. The number of nitrogens with one attached hydrogen (secondary N) is 1. The summed E-state index contributed by atoms with van der Waals surface area (Å²) in [6.45, 7) is 1.78. The number of aromatic nitrogens is 2. The quantitative estimate of drug-likeness (QED) is 0.744. The highest BCUT2D eigenvalue weighted by atomic mass is 16.3. The van der Waals surface area contributed by atoms with Gasteiger partial charge >= 0.3 is 0 Å². The molecule has 0 aliphatic carbocycles. The van der Waals surface area contributed by atoms with Crippen molar-refractivity contribution in [3.63, 3.8) is 0 Å². The van der Waals surface area contributed by atoms with Crippen LogP contribution in [-0.2, 0) is 0 Å². The van der Waals surface area contributed by atoms with Gasteiger partial charge in [-0.2, -0.15) is 5.10 Å². The molecule has 0 saturated carbocycles. The van der Waals surface area contributed by atoms with E-state index in [4.69, 9.17) is 10.2 Å². The van der Waals surface area contributed by atoms with Gasteiger partial charge < -0.3 is 10.2 Å². The smallest absolute Gasteiger partial charge is 0.284 e. The van der Waals surface area contributed by atoms with Crippen LogP contribution in [0.25, 0.3) is 11.3 Å². The van der Waals surface area contributed by atoms with Gasteiger partial charge in [-0.25, -0.2) is 0 Å². The molecule has 5 heteroatoms. The number of hydrogen-bond acceptors (Lipinski definition) is 3. The molecule has 2 aromatic rings. The van der Waals surface area contributed by atoms with Crippen LogP contribution >= 0.6 is 0 Å². The van der Waals surface area contributed by atoms with Crippen molar-refractivity contribution in [1.82, 2.24) is 10.2 Å². The van der Waals surface area contributed by atoms with E-state index in [-0.39, 0.29) is 5.76 Å². The van der Waals surface area contributed by atoms with Crippen molar-refractivity contribution in [2.45, 2.75) is 6.92 Å². The molecule has 0 saturated heterocycles. The van der Waals surface area contributed by atoms with E-state index in [1.54, 1.807) is 19.2 Å². The highest BCUT2D eigenvalue weighted by Gasteiger charge is 2.15. The Morgan fingerprint density at radius 1 is 1.64 bits per heavy atom. The van der Waals surface area contributed by atoms with Crippen LogP contribution in [0.15, 0.2) is 22.9 Å². The summed E-state index contributed by atoms with van der Waals surface area (Å²) in [5.74, 6) is -0.372. The average molecular weight is 191 g/mol. The van der Waals surface area contributed by atoms with Crippen molar-refractivity contribution in [3.8, 4) is 11.3 Å². The fraction of sp³-hybridized carbons (Fsp3) is 0.111. The van der Waals surface area contributed by atoms with Crippen LogP contribution in [0.2, 0.25) is 0 Å². The second-order valence-electron chi connectivity index (χ2n) is 2.94. The molecule has 0 aliphatic heterocycles. The van der Waals surface area contributed by atoms with E-state index in [2.05, 4.69) is 10.2 Å². The first kappa shape index (κ1) is 8.55. The maximum Gasteiger partial charge on any atom is 0.284 e. The van der Waals surface area contributed by atoms with Gasteiger partial charge in [-0.3, -0.25) is 9.89 Å². The molecule has 0 aromatic carbocycles. The lowest BCUT2D eigenvalue weighted by atomic mass is 10.1. The third kappa shape index (κ3) is 1.19. The van der Waals surface area contributed by atoms with Gasteiger partial charge in [0.15, 0.2) is 5.76 Å². The predicted octanol–water partition coefficient (Wildman–Crippen LogP) is 1.08. The molecular formula is C9H9N3O2. The zero-order valence-electron chi connectivity index (χ0n) is 7.57. The van der Waals surface area contributed by atoms with Crippen LogP contribution in [0.4, 0.5) is 0 Å². The van der Waals surface area contributed by atoms with E-state index in [1.807, 2.05) is 0 Å². The Morgan fingerprint density at radius 2 is 2.43 bits per heavy atom. The molecule has 3 N–H and O–H groups in total. The second-order valence-corrected chi connectivity index (χ2v) is 2.94. The summed E-state index contributed by atoms with van der Waals surface area (Å²) in [5.41, 5.74) is 7.45. The fourth-order valence-electron chi connectivity index (χ4n) is 1.33. The molecule has 0 unspecified atom stereocenters. The van der Waals surface area contributed by atoms with Gasteiger partial charge in [-0.1, -0.05) is 0 Å². The fourth-order valence-corrected chi connectivity index (χ4v) is 1.33. The van der Waals surface area contributed by atoms with E-state index in [0.717, 1.165) is 16.8 Å². The summed E-state index contributed by atoms with van der Waals surface area (Å²) >= 11 is 0. The lowest BCUT2D eigenvalue weighted by Crippen LogP contribution is -2.10. The third-order valence-electron chi connectivity index (χ3n) is 2.05. The first-order valence-electron chi connectivity index (χ1n) is 4.08. The molecule has 5 nitrogen and oxygen atoms in total. The maximum atomic E-state index is 10.9. The van der Waals surface area contributed by atoms with Gasteiger partial charge in [0.1, 0.15) is 6.26 Å². The van der Waals surface area contributed by atoms with Crippen molar-refractivity contribution in [2.24, 2.45) is 5.73 Å². The summed E-state index contributed by atoms with van der Waals surface area (Å²) in [7, 11) is 0. The molecule has 0 bridgehead atoms. The van der Waals surface area contributed by atoms with Crippen LogP contribution in [0.3, 0.4) is 0 Å². The minimum Gasteiger partial charge on any atom is -0.458 e. The number of furan rings is 1. The van der Waals surface area contributed by atoms with Crippen molar-refractivity contribution in [3.05, 3.63) is 29.9 Å². The van der Waals surface area contributed by atoms with E-state index < -0.39 is 5.91 Å². The maximum absolute atomic E-state index is 10.9. The zero-order valence-corrected chi connectivity index (χ0v) is 7.57. The van der Waals surface area contributed by atoms with Crippen LogP contribution in [-0.4, -0.2) is 16.1 Å². The molecule has 14 heavy (non-hydrogen) atoms. The number of nitrogens with zero attached hydrogens (tertiary/aromatic N) is 1. The number of H-pyrrole nitrogens is 1. The number of amides is 1. The van der Waals surface area contributed by atoms with E-state index in [0.29, 0.717) is 0 Å². The summed E-state index contributed by atoms with van der Waals surface area (Å²) in [6, 6.07) is 1.79. The molecule has 1 amide bonds. The highest BCUT2D eigenvalue weighted by molar-refractivity contribution is 5.93. The molecule has 0 atom stereocenters. The minimum absolute atomic E-state index is 0.189. The second kappa shape index (κ2) is 3.02. The van der Waals surface area contributed by atoms with Gasteiger partial charge in [0.05, 0.1) is 5.69 Å². The summed E-state index contributed by atoms with van der Waals surface area (Å²) < 4.78 is 5.06. The molecule has 0 fully saturated rings. The molecule has 2 rings (SSSR count). The Bertz CT molecular complexity index is 456. The number of rotatable bonds is 2. The summed E-state index contributed by atoms with van der Waals surface area (Å²) in [6.07, 6.45) is 3.12. The molecule has 0 aliphatic rings. The third-order valence-corrected chi connectivity index (χ3v) is 2.05. The molecule has 72 valence electrons. The first-order chi connectivity index (χ1) is 6.70. The number of hydrogen-bond donors (Lipinski definition) is 2. The van der Waals surface area contributed by atoms with E-state index >= 15 is 0 Å². The number of nitrogens with two attached hydrogens (primary N) is 1. The normalized spacial score (nSPS) is 10.4. The lowest BCUT2D eigenvalue weighted by Gasteiger charge is -1.93. The summed E-state index contributed by atoms with van der Waals surface area (Å²) in [5, 5.41) is 6.60. The van der Waals surface area contributed by atoms with Gasteiger partial charge in [0, 0.05) is 17.3 Å². The zero-order chi connectivity index (χ0) is 10.1. The molecule has 2 aromatic heterocycles. The number of aromatic amines is 1. The highest BCUT2D eigenvalue weighted by Crippen LogP contribution is 2.25. The Balaban J connectivity index is 2.52. The van der Waals surface area contributed by atoms with Crippen molar-refractivity contribution < 1.29 is 9.21 Å². The topological polar surface area (TPSA) is 84.9 Å². The van der Waals surface area contributed by atoms with Gasteiger partial charge in [0.25, 0.3) is 5.91 Å². The van der Waals surface area contributed by atoms with Crippen LogP contribution in [0.5, 0.6) is 0 Å². The number of carbonyl (C=O) groups excluding carboxylic acids is 1.